The maximum atomic E-state index is 12.5. The Morgan fingerprint density at radius 3 is 2.46 bits per heavy atom. The molecule has 1 aromatic rings. The highest BCUT2D eigenvalue weighted by Gasteiger charge is 2.33. The molecule has 0 aliphatic carbocycles. The lowest BCUT2D eigenvalue weighted by Crippen LogP contribution is -2.40. The molecule has 0 saturated carbocycles. The second-order valence-electron chi connectivity index (χ2n) is 6.47. The van der Waals surface area contributed by atoms with Crippen LogP contribution in [0.1, 0.15) is 31.2 Å². The lowest BCUT2D eigenvalue weighted by atomic mass is 9.88. The maximum absolute atomic E-state index is 12.5. The van der Waals surface area contributed by atoms with E-state index in [2.05, 4.69) is 15.0 Å². The number of alkyl halides is 3. The van der Waals surface area contributed by atoms with Gasteiger partial charge in [-0.15, -0.1) is 25.6 Å². The molecule has 24 heavy (non-hydrogen) atoms. The molecule has 2 heterocycles. The van der Waals surface area contributed by atoms with Crippen LogP contribution in [0.25, 0.3) is 0 Å². The molecule has 0 radical (unpaired) electrons. The Kier molecular flexibility index (Phi) is 6.78. The summed E-state index contributed by atoms with van der Waals surface area (Å²) < 4.78 is 41.6. The normalized spacial score (nSPS) is 23.0. The summed E-state index contributed by atoms with van der Waals surface area (Å²) in [7, 11) is 0. The third-order valence-electron chi connectivity index (χ3n) is 4.89. The standard InChI is InChI=1S/C17H23F3N2O.ClH/c18-17(19,20)23-16-6-2-1-4-14(16)12-22-10-7-13(8-11-22)15-5-3-9-21-15;/h1-2,4,6,13,15,21H,3,5,7-12H2;1H. The molecule has 0 bridgehead atoms. The molecular formula is C17H24ClF3N2O. The van der Waals surface area contributed by atoms with Crippen molar-refractivity contribution in [2.75, 3.05) is 19.6 Å². The van der Waals surface area contributed by atoms with Crippen LogP contribution in [0.5, 0.6) is 5.75 Å². The molecule has 7 heteroatoms. The minimum atomic E-state index is -4.64. The Labute approximate surface area is 147 Å². The Morgan fingerprint density at radius 2 is 1.83 bits per heavy atom. The first kappa shape index (κ1) is 19.3. The summed E-state index contributed by atoms with van der Waals surface area (Å²) >= 11 is 0. The van der Waals surface area contributed by atoms with Crippen molar-refractivity contribution in [2.45, 2.75) is 44.6 Å². The first-order chi connectivity index (χ1) is 11.0. The number of hydrogen-bond acceptors (Lipinski definition) is 3. The fourth-order valence-corrected chi connectivity index (χ4v) is 3.73. The molecule has 1 N–H and O–H groups in total. The van der Waals surface area contributed by atoms with Crippen LogP contribution in [0.15, 0.2) is 24.3 Å². The van der Waals surface area contributed by atoms with Gasteiger partial charge in [0.15, 0.2) is 0 Å². The fraction of sp³-hybridized carbons (Fsp3) is 0.647. The number of hydrogen-bond donors (Lipinski definition) is 1. The molecule has 1 unspecified atom stereocenters. The predicted octanol–water partition coefficient (Wildman–Crippen LogP) is 3.97. The average Bonchev–Trinajstić information content (AvgIpc) is 3.03. The summed E-state index contributed by atoms with van der Waals surface area (Å²) in [5.41, 5.74) is 0.599. The van der Waals surface area contributed by atoms with Crippen LogP contribution in [-0.2, 0) is 6.54 Å². The lowest BCUT2D eigenvalue weighted by Gasteiger charge is -2.35. The fourth-order valence-electron chi connectivity index (χ4n) is 3.73. The molecule has 2 saturated heterocycles. The average molecular weight is 365 g/mol. The van der Waals surface area contributed by atoms with Crippen molar-refractivity contribution in [2.24, 2.45) is 5.92 Å². The van der Waals surface area contributed by atoms with Crippen molar-refractivity contribution in [1.29, 1.82) is 0 Å². The highest BCUT2D eigenvalue weighted by molar-refractivity contribution is 5.85. The second-order valence-corrected chi connectivity index (χ2v) is 6.47. The summed E-state index contributed by atoms with van der Waals surface area (Å²) in [5.74, 6) is 0.620. The van der Waals surface area contributed by atoms with E-state index in [1.165, 1.54) is 18.9 Å². The van der Waals surface area contributed by atoms with Crippen molar-refractivity contribution in [3.8, 4) is 5.75 Å². The molecule has 136 valence electrons. The first-order valence-electron chi connectivity index (χ1n) is 8.31. The number of halogens is 4. The summed E-state index contributed by atoms with van der Waals surface area (Å²) in [4.78, 5) is 2.23. The highest BCUT2D eigenvalue weighted by atomic mass is 35.5. The lowest BCUT2D eigenvalue weighted by molar-refractivity contribution is -0.275. The number of nitrogens with one attached hydrogen (secondary N) is 1. The van der Waals surface area contributed by atoms with E-state index in [0.29, 0.717) is 24.1 Å². The Balaban J connectivity index is 0.00000208. The molecule has 1 atom stereocenters. The molecule has 2 aliphatic heterocycles. The largest absolute Gasteiger partial charge is 0.573 e. The van der Waals surface area contributed by atoms with Gasteiger partial charge in [0.05, 0.1) is 0 Å². The minimum absolute atomic E-state index is 0. The molecule has 2 fully saturated rings. The molecule has 0 spiro atoms. The third kappa shape index (κ3) is 5.26. The zero-order valence-electron chi connectivity index (χ0n) is 13.5. The van der Waals surface area contributed by atoms with E-state index in [1.54, 1.807) is 18.2 Å². The summed E-state index contributed by atoms with van der Waals surface area (Å²) in [6.45, 7) is 3.50. The zero-order chi connectivity index (χ0) is 16.3. The molecule has 3 rings (SSSR count). The maximum Gasteiger partial charge on any atom is 0.573 e. The third-order valence-corrected chi connectivity index (χ3v) is 4.89. The van der Waals surface area contributed by atoms with Crippen LogP contribution in [0.2, 0.25) is 0 Å². The Morgan fingerprint density at radius 1 is 1.12 bits per heavy atom. The van der Waals surface area contributed by atoms with Gasteiger partial charge in [0.2, 0.25) is 0 Å². The summed E-state index contributed by atoms with van der Waals surface area (Å²) in [6, 6.07) is 7.07. The monoisotopic (exact) mass is 364 g/mol. The second kappa shape index (κ2) is 8.41. The van der Waals surface area contributed by atoms with Gasteiger partial charge in [-0.05, 0) is 57.3 Å². The number of ether oxygens (including phenoxy) is 1. The van der Waals surface area contributed by atoms with Crippen LogP contribution in [-0.4, -0.2) is 36.9 Å². The molecule has 0 amide bonds. The quantitative estimate of drug-likeness (QED) is 0.874. The van der Waals surface area contributed by atoms with E-state index in [0.717, 1.165) is 32.5 Å². The van der Waals surface area contributed by atoms with Crippen molar-refractivity contribution < 1.29 is 17.9 Å². The topological polar surface area (TPSA) is 24.5 Å². The van der Waals surface area contributed by atoms with Crippen molar-refractivity contribution in [1.82, 2.24) is 10.2 Å². The number of rotatable bonds is 4. The van der Waals surface area contributed by atoms with Gasteiger partial charge in [-0.1, -0.05) is 18.2 Å². The van der Waals surface area contributed by atoms with Gasteiger partial charge in [0.1, 0.15) is 5.75 Å². The van der Waals surface area contributed by atoms with Crippen molar-refractivity contribution in [3.05, 3.63) is 29.8 Å². The SMILES string of the molecule is Cl.FC(F)(F)Oc1ccccc1CN1CCC(C2CCCN2)CC1. The van der Waals surface area contributed by atoms with E-state index in [1.807, 2.05) is 0 Å². The molecule has 2 aliphatic rings. The predicted molar refractivity (Wildman–Crippen MR) is 89.4 cm³/mol. The van der Waals surface area contributed by atoms with E-state index in [-0.39, 0.29) is 18.2 Å². The smallest absolute Gasteiger partial charge is 0.405 e. The van der Waals surface area contributed by atoms with Crippen LogP contribution in [0.4, 0.5) is 13.2 Å². The summed E-state index contributed by atoms with van der Waals surface area (Å²) in [6.07, 6.45) is 0.0944. The van der Waals surface area contributed by atoms with Crippen molar-refractivity contribution in [3.63, 3.8) is 0 Å². The minimum Gasteiger partial charge on any atom is -0.405 e. The Hall–Kier alpha value is -0.980. The van der Waals surface area contributed by atoms with Crippen LogP contribution in [0, 0.1) is 5.92 Å². The number of nitrogens with zero attached hydrogens (tertiary/aromatic N) is 1. The molecule has 1 aromatic carbocycles. The number of benzene rings is 1. The highest BCUT2D eigenvalue weighted by Crippen LogP contribution is 2.30. The first-order valence-corrected chi connectivity index (χ1v) is 8.31. The molecular weight excluding hydrogens is 341 g/mol. The van der Waals surface area contributed by atoms with Gasteiger partial charge in [0.25, 0.3) is 0 Å². The molecule has 0 aromatic heterocycles. The zero-order valence-corrected chi connectivity index (χ0v) is 14.3. The molecule has 3 nitrogen and oxygen atoms in total. The number of piperidine rings is 1. The van der Waals surface area contributed by atoms with Gasteiger partial charge < -0.3 is 10.1 Å². The Bertz CT molecular complexity index is 513. The summed E-state index contributed by atoms with van der Waals surface area (Å²) in [5, 5.41) is 3.56. The van der Waals surface area contributed by atoms with Gasteiger partial charge >= 0.3 is 6.36 Å². The van der Waals surface area contributed by atoms with Gasteiger partial charge in [-0.2, -0.15) is 0 Å². The van der Waals surface area contributed by atoms with E-state index in [9.17, 15) is 13.2 Å². The number of para-hydroxylation sites is 1. The van der Waals surface area contributed by atoms with Gasteiger partial charge in [0, 0.05) is 18.2 Å². The van der Waals surface area contributed by atoms with Gasteiger partial charge in [-0.25, -0.2) is 0 Å². The van der Waals surface area contributed by atoms with Crippen LogP contribution >= 0.6 is 12.4 Å². The van der Waals surface area contributed by atoms with Crippen LogP contribution in [0.3, 0.4) is 0 Å². The van der Waals surface area contributed by atoms with Gasteiger partial charge in [-0.3, -0.25) is 4.90 Å². The number of likely N-dealkylation sites (tertiary alicyclic amines) is 1. The van der Waals surface area contributed by atoms with E-state index in [4.69, 9.17) is 0 Å². The van der Waals surface area contributed by atoms with Crippen molar-refractivity contribution >= 4 is 12.4 Å². The van der Waals surface area contributed by atoms with Crippen LogP contribution < -0.4 is 10.1 Å². The van der Waals surface area contributed by atoms with E-state index < -0.39 is 6.36 Å². The van der Waals surface area contributed by atoms with E-state index >= 15 is 0 Å².